The van der Waals surface area contributed by atoms with E-state index in [9.17, 15) is 4.79 Å². The van der Waals surface area contributed by atoms with Gasteiger partial charge >= 0.3 is 0 Å². The van der Waals surface area contributed by atoms with E-state index in [0.717, 1.165) is 38.1 Å². The summed E-state index contributed by atoms with van der Waals surface area (Å²) in [5.74, 6) is 0.983. The Kier molecular flexibility index (Phi) is 3.87. The lowest BCUT2D eigenvalue weighted by Crippen LogP contribution is -2.24. The Morgan fingerprint density at radius 3 is 3.04 bits per heavy atom. The van der Waals surface area contributed by atoms with Crippen LogP contribution in [-0.4, -0.2) is 33.6 Å². The van der Waals surface area contributed by atoms with E-state index >= 15 is 0 Å². The Morgan fingerprint density at radius 2 is 2.26 bits per heavy atom. The standard InChI is InChI=1S/C16H20N4O3/c21-16(14-7-15(23-19-14)11-4-5-11)18-12-8-17-20(9-12)10-13-3-1-2-6-22-13/h7-9,11,13H,1-6,10H2,(H,18,21)/t13-/m1/s1. The lowest BCUT2D eigenvalue weighted by Gasteiger charge is -2.22. The number of anilines is 1. The zero-order chi connectivity index (χ0) is 15.6. The average Bonchev–Trinajstić information content (AvgIpc) is 3.13. The Labute approximate surface area is 134 Å². The van der Waals surface area contributed by atoms with Crippen LogP contribution in [0.2, 0.25) is 0 Å². The van der Waals surface area contributed by atoms with Crippen molar-refractivity contribution in [2.24, 2.45) is 0 Å². The molecule has 0 unspecified atom stereocenters. The lowest BCUT2D eigenvalue weighted by molar-refractivity contribution is 0.00401. The van der Waals surface area contributed by atoms with Crippen molar-refractivity contribution < 1.29 is 14.1 Å². The SMILES string of the molecule is O=C(Nc1cnn(C[C@H]2CCCCO2)c1)c1cc(C2CC2)on1. The maximum atomic E-state index is 12.2. The van der Waals surface area contributed by atoms with Crippen molar-refractivity contribution in [2.45, 2.75) is 50.7 Å². The van der Waals surface area contributed by atoms with Gasteiger partial charge in [-0.3, -0.25) is 9.48 Å². The fourth-order valence-corrected chi connectivity index (χ4v) is 2.84. The first-order chi connectivity index (χ1) is 11.3. The molecule has 1 aliphatic heterocycles. The zero-order valence-electron chi connectivity index (χ0n) is 12.9. The highest BCUT2D eigenvalue weighted by atomic mass is 16.5. The first kappa shape index (κ1) is 14.4. The molecule has 2 aromatic heterocycles. The number of rotatable bonds is 5. The van der Waals surface area contributed by atoms with Gasteiger partial charge in [-0.15, -0.1) is 0 Å². The van der Waals surface area contributed by atoms with Crippen LogP contribution in [0.3, 0.4) is 0 Å². The van der Waals surface area contributed by atoms with Crippen molar-refractivity contribution in [3.05, 3.63) is 29.9 Å². The van der Waals surface area contributed by atoms with Gasteiger partial charge in [0.15, 0.2) is 5.69 Å². The minimum atomic E-state index is -0.269. The van der Waals surface area contributed by atoms with Crippen LogP contribution in [0, 0.1) is 0 Å². The molecule has 7 nitrogen and oxygen atoms in total. The summed E-state index contributed by atoms with van der Waals surface area (Å²) < 4.78 is 12.7. The molecule has 122 valence electrons. The normalized spacial score (nSPS) is 21.3. The smallest absolute Gasteiger partial charge is 0.277 e. The van der Waals surface area contributed by atoms with Gasteiger partial charge in [0.2, 0.25) is 0 Å². The molecule has 1 N–H and O–H groups in total. The molecule has 1 saturated carbocycles. The summed E-state index contributed by atoms with van der Waals surface area (Å²) in [5.41, 5.74) is 0.969. The van der Waals surface area contributed by atoms with Crippen LogP contribution >= 0.6 is 0 Å². The fourth-order valence-electron chi connectivity index (χ4n) is 2.84. The van der Waals surface area contributed by atoms with E-state index in [1.165, 1.54) is 6.42 Å². The summed E-state index contributed by atoms with van der Waals surface area (Å²) in [6, 6.07) is 1.73. The largest absolute Gasteiger partial charge is 0.376 e. The highest BCUT2D eigenvalue weighted by Gasteiger charge is 2.29. The highest BCUT2D eigenvalue weighted by molar-refractivity contribution is 6.02. The predicted molar refractivity (Wildman–Crippen MR) is 82.2 cm³/mol. The molecule has 2 aromatic rings. The van der Waals surface area contributed by atoms with Gasteiger partial charge in [0, 0.05) is 24.8 Å². The molecule has 1 amide bonds. The number of aromatic nitrogens is 3. The minimum Gasteiger partial charge on any atom is -0.376 e. The number of hydrogen-bond acceptors (Lipinski definition) is 5. The van der Waals surface area contributed by atoms with Gasteiger partial charge in [-0.1, -0.05) is 5.16 Å². The quantitative estimate of drug-likeness (QED) is 0.916. The third kappa shape index (κ3) is 3.44. The number of amides is 1. The molecule has 3 heterocycles. The van der Waals surface area contributed by atoms with Gasteiger partial charge in [-0.2, -0.15) is 5.10 Å². The lowest BCUT2D eigenvalue weighted by atomic mass is 10.1. The number of carbonyl (C=O) groups excluding carboxylic acids is 1. The van der Waals surface area contributed by atoms with Crippen molar-refractivity contribution >= 4 is 11.6 Å². The second-order valence-corrected chi connectivity index (χ2v) is 6.28. The van der Waals surface area contributed by atoms with Crippen molar-refractivity contribution in [1.29, 1.82) is 0 Å². The third-order valence-electron chi connectivity index (χ3n) is 4.30. The molecule has 2 fully saturated rings. The molecular formula is C16H20N4O3. The van der Waals surface area contributed by atoms with Crippen LogP contribution in [0.5, 0.6) is 0 Å². The summed E-state index contributed by atoms with van der Waals surface area (Å²) in [7, 11) is 0. The number of nitrogens with one attached hydrogen (secondary N) is 1. The molecular weight excluding hydrogens is 296 g/mol. The van der Waals surface area contributed by atoms with Crippen molar-refractivity contribution in [3.8, 4) is 0 Å². The van der Waals surface area contributed by atoms with Gasteiger partial charge < -0.3 is 14.6 Å². The molecule has 4 rings (SSSR count). The Hall–Kier alpha value is -2.15. The summed E-state index contributed by atoms with van der Waals surface area (Å²) in [6.45, 7) is 1.54. The summed E-state index contributed by atoms with van der Waals surface area (Å²) in [5, 5.41) is 10.9. The molecule has 7 heteroatoms. The maximum Gasteiger partial charge on any atom is 0.277 e. The van der Waals surface area contributed by atoms with Crippen LogP contribution < -0.4 is 5.32 Å². The van der Waals surface area contributed by atoms with E-state index in [1.54, 1.807) is 12.3 Å². The van der Waals surface area contributed by atoms with Crippen molar-refractivity contribution in [1.82, 2.24) is 14.9 Å². The topological polar surface area (TPSA) is 82.2 Å². The molecule has 0 spiro atoms. The molecule has 23 heavy (non-hydrogen) atoms. The number of ether oxygens (including phenoxy) is 1. The fraction of sp³-hybridized carbons (Fsp3) is 0.562. The summed E-state index contributed by atoms with van der Waals surface area (Å²) in [4.78, 5) is 12.2. The molecule has 1 aliphatic carbocycles. The second-order valence-electron chi connectivity index (χ2n) is 6.28. The van der Waals surface area contributed by atoms with Crippen LogP contribution in [0.4, 0.5) is 5.69 Å². The molecule has 0 radical (unpaired) electrons. The predicted octanol–water partition coefficient (Wildman–Crippen LogP) is 2.57. The minimum absolute atomic E-state index is 0.212. The van der Waals surface area contributed by atoms with E-state index in [0.29, 0.717) is 23.8 Å². The molecule has 0 aromatic carbocycles. The molecule has 1 saturated heterocycles. The Morgan fingerprint density at radius 1 is 1.35 bits per heavy atom. The second kappa shape index (κ2) is 6.16. The van der Waals surface area contributed by atoms with Crippen LogP contribution in [0.1, 0.15) is 54.3 Å². The maximum absolute atomic E-state index is 12.2. The van der Waals surface area contributed by atoms with Crippen LogP contribution in [0.15, 0.2) is 23.0 Å². The van der Waals surface area contributed by atoms with Gasteiger partial charge in [-0.05, 0) is 32.1 Å². The van der Waals surface area contributed by atoms with Gasteiger partial charge in [0.05, 0.1) is 24.5 Å². The third-order valence-corrected chi connectivity index (χ3v) is 4.30. The average molecular weight is 316 g/mol. The molecule has 2 aliphatic rings. The Balaban J connectivity index is 1.35. The first-order valence-corrected chi connectivity index (χ1v) is 8.20. The van der Waals surface area contributed by atoms with E-state index < -0.39 is 0 Å². The van der Waals surface area contributed by atoms with Crippen LogP contribution in [0.25, 0.3) is 0 Å². The Bertz CT molecular complexity index is 683. The zero-order valence-corrected chi connectivity index (χ0v) is 12.9. The highest BCUT2D eigenvalue weighted by Crippen LogP contribution is 2.40. The van der Waals surface area contributed by atoms with E-state index in [4.69, 9.17) is 9.26 Å². The summed E-state index contributed by atoms with van der Waals surface area (Å²) in [6.07, 6.45) is 9.30. The molecule has 0 bridgehead atoms. The monoisotopic (exact) mass is 316 g/mol. The number of nitrogens with zero attached hydrogens (tertiary/aromatic N) is 3. The molecule has 1 atom stereocenters. The summed E-state index contributed by atoms with van der Waals surface area (Å²) >= 11 is 0. The van der Waals surface area contributed by atoms with E-state index in [1.807, 2.05) is 10.9 Å². The van der Waals surface area contributed by atoms with Gasteiger partial charge in [0.25, 0.3) is 5.91 Å². The van der Waals surface area contributed by atoms with Gasteiger partial charge in [-0.25, -0.2) is 0 Å². The number of carbonyl (C=O) groups is 1. The van der Waals surface area contributed by atoms with E-state index in [-0.39, 0.29) is 12.0 Å². The first-order valence-electron chi connectivity index (χ1n) is 8.20. The van der Waals surface area contributed by atoms with E-state index in [2.05, 4.69) is 15.6 Å². The van der Waals surface area contributed by atoms with Crippen molar-refractivity contribution in [3.63, 3.8) is 0 Å². The van der Waals surface area contributed by atoms with Crippen molar-refractivity contribution in [2.75, 3.05) is 11.9 Å². The van der Waals surface area contributed by atoms with Gasteiger partial charge in [0.1, 0.15) is 5.76 Å². The number of hydrogen-bond donors (Lipinski definition) is 1. The van der Waals surface area contributed by atoms with Crippen LogP contribution in [-0.2, 0) is 11.3 Å².